The Morgan fingerprint density at radius 1 is 1.37 bits per heavy atom. The van der Waals surface area contributed by atoms with Crippen molar-refractivity contribution < 1.29 is 0 Å². The molecule has 19 heavy (non-hydrogen) atoms. The highest BCUT2D eigenvalue weighted by Crippen LogP contribution is 2.21. The van der Waals surface area contributed by atoms with Crippen LogP contribution in [0.25, 0.3) is 0 Å². The van der Waals surface area contributed by atoms with Gasteiger partial charge in [-0.25, -0.2) is 0 Å². The molecule has 3 nitrogen and oxygen atoms in total. The quantitative estimate of drug-likeness (QED) is 0.912. The molecule has 1 heterocycles. The van der Waals surface area contributed by atoms with E-state index in [0.29, 0.717) is 5.92 Å². The van der Waals surface area contributed by atoms with Crippen LogP contribution in [0.4, 0.5) is 0 Å². The van der Waals surface area contributed by atoms with Gasteiger partial charge in [0.2, 0.25) is 0 Å². The summed E-state index contributed by atoms with van der Waals surface area (Å²) in [5.74, 6) is 0.470. The molecule has 0 bridgehead atoms. The zero-order valence-electron chi connectivity index (χ0n) is 11.7. The predicted octanol–water partition coefficient (Wildman–Crippen LogP) is 3.54. The molecule has 0 radical (unpaired) electrons. The third-order valence-electron chi connectivity index (χ3n) is 3.10. The number of hydrogen-bond donors (Lipinski definition) is 1. The second-order valence-corrected chi connectivity index (χ2v) is 5.94. The first-order valence-electron chi connectivity index (χ1n) is 6.55. The maximum Gasteiger partial charge on any atom is 0.0663 e. The van der Waals surface area contributed by atoms with E-state index >= 15 is 0 Å². The van der Waals surface area contributed by atoms with Crippen LogP contribution in [0.3, 0.4) is 0 Å². The van der Waals surface area contributed by atoms with Gasteiger partial charge < -0.3 is 5.32 Å². The van der Waals surface area contributed by atoms with Gasteiger partial charge in [-0.1, -0.05) is 41.9 Å². The van der Waals surface area contributed by atoms with E-state index in [0.717, 1.165) is 17.6 Å². The monoisotopic (exact) mass is 321 g/mol. The lowest BCUT2D eigenvalue weighted by atomic mass is 10.1. The molecule has 0 saturated heterocycles. The molecule has 0 aliphatic carbocycles. The highest BCUT2D eigenvalue weighted by Gasteiger charge is 2.13. The number of aromatic nitrogens is 2. The molecule has 2 rings (SSSR count). The van der Waals surface area contributed by atoms with E-state index in [1.807, 2.05) is 19.3 Å². The number of nitrogens with one attached hydrogen (secondary N) is 1. The van der Waals surface area contributed by atoms with Crippen molar-refractivity contribution in [3.8, 4) is 0 Å². The number of rotatable bonds is 5. The summed E-state index contributed by atoms with van der Waals surface area (Å²) < 4.78 is 3.22. The summed E-state index contributed by atoms with van der Waals surface area (Å²) in [6.07, 6.45) is 1.98. The summed E-state index contributed by atoms with van der Waals surface area (Å²) in [6, 6.07) is 8.38. The topological polar surface area (TPSA) is 29.9 Å². The molecular weight excluding hydrogens is 302 g/mol. The maximum absolute atomic E-state index is 4.54. The van der Waals surface area contributed by atoms with Gasteiger partial charge in [0.05, 0.1) is 12.7 Å². The van der Waals surface area contributed by atoms with Gasteiger partial charge >= 0.3 is 0 Å². The summed E-state index contributed by atoms with van der Waals surface area (Å²) in [6.45, 7) is 6.11. The molecule has 0 aliphatic rings. The molecule has 1 N–H and O–H groups in total. The Bertz CT molecular complexity index is 546. The molecule has 0 saturated carbocycles. The van der Waals surface area contributed by atoms with Gasteiger partial charge in [-0.3, -0.25) is 4.68 Å². The molecule has 0 spiro atoms. The molecule has 0 atom stereocenters. The zero-order chi connectivity index (χ0) is 13.8. The van der Waals surface area contributed by atoms with Crippen molar-refractivity contribution in [3.05, 3.63) is 51.8 Å². The SMILES string of the molecule is CNCc1cnn(Cc2cccc(Br)c2)c1C(C)C. The molecule has 1 aromatic heterocycles. The largest absolute Gasteiger partial charge is 0.316 e. The number of halogens is 1. The van der Waals surface area contributed by atoms with E-state index in [1.54, 1.807) is 0 Å². The van der Waals surface area contributed by atoms with Crippen molar-refractivity contribution in [2.45, 2.75) is 32.9 Å². The van der Waals surface area contributed by atoms with Crippen LogP contribution in [0, 0.1) is 0 Å². The number of benzene rings is 1. The normalized spacial score (nSPS) is 11.2. The minimum Gasteiger partial charge on any atom is -0.316 e. The molecule has 0 fully saturated rings. The van der Waals surface area contributed by atoms with Crippen molar-refractivity contribution in [3.63, 3.8) is 0 Å². The Morgan fingerprint density at radius 2 is 2.16 bits per heavy atom. The first-order valence-corrected chi connectivity index (χ1v) is 7.34. The molecule has 0 aliphatic heterocycles. The Balaban J connectivity index is 2.29. The van der Waals surface area contributed by atoms with E-state index in [4.69, 9.17) is 0 Å². The molecule has 0 amide bonds. The van der Waals surface area contributed by atoms with Gasteiger partial charge in [-0.2, -0.15) is 5.10 Å². The van der Waals surface area contributed by atoms with Crippen LogP contribution in [0.1, 0.15) is 36.6 Å². The highest BCUT2D eigenvalue weighted by atomic mass is 79.9. The van der Waals surface area contributed by atoms with E-state index in [9.17, 15) is 0 Å². The van der Waals surface area contributed by atoms with Crippen LogP contribution in [0.2, 0.25) is 0 Å². The number of nitrogens with zero attached hydrogens (tertiary/aromatic N) is 2. The second-order valence-electron chi connectivity index (χ2n) is 5.03. The predicted molar refractivity (Wildman–Crippen MR) is 82.3 cm³/mol. The maximum atomic E-state index is 4.54. The Morgan fingerprint density at radius 3 is 2.79 bits per heavy atom. The lowest BCUT2D eigenvalue weighted by molar-refractivity contribution is 0.611. The van der Waals surface area contributed by atoms with Gasteiger partial charge in [0.1, 0.15) is 0 Å². The summed E-state index contributed by atoms with van der Waals surface area (Å²) in [4.78, 5) is 0. The molecular formula is C15H20BrN3. The van der Waals surface area contributed by atoms with E-state index in [2.05, 4.69) is 63.1 Å². The van der Waals surface area contributed by atoms with Crippen LogP contribution in [-0.2, 0) is 13.1 Å². The molecule has 2 aromatic rings. The molecule has 4 heteroatoms. The van der Waals surface area contributed by atoms with E-state index in [1.165, 1.54) is 16.8 Å². The lowest BCUT2D eigenvalue weighted by Gasteiger charge is -2.13. The Kier molecular flexibility index (Phi) is 4.77. The van der Waals surface area contributed by atoms with Crippen molar-refractivity contribution >= 4 is 15.9 Å². The summed E-state index contributed by atoms with van der Waals surface area (Å²) in [5, 5.41) is 7.75. The minimum atomic E-state index is 0.470. The zero-order valence-corrected chi connectivity index (χ0v) is 13.2. The summed E-state index contributed by atoms with van der Waals surface area (Å²) in [7, 11) is 1.97. The standard InChI is InChI=1S/C15H20BrN3/c1-11(2)15-13(8-17-3)9-18-19(15)10-12-5-4-6-14(16)7-12/h4-7,9,11,17H,8,10H2,1-3H3. The van der Waals surface area contributed by atoms with Gasteiger partial charge in [0.15, 0.2) is 0 Å². The van der Waals surface area contributed by atoms with Crippen LogP contribution in [0.5, 0.6) is 0 Å². The fraction of sp³-hybridized carbons (Fsp3) is 0.400. The minimum absolute atomic E-state index is 0.470. The van der Waals surface area contributed by atoms with Gasteiger partial charge in [-0.15, -0.1) is 0 Å². The van der Waals surface area contributed by atoms with E-state index < -0.39 is 0 Å². The first-order chi connectivity index (χ1) is 9.11. The highest BCUT2D eigenvalue weighted by molar-refractivity contribution is 9.10. The van der Waals surface area contributed by atoms with Crippen LogP contribution >= 0.6 is 15.9 Å². The lowest BCUT2D eigenvalue weighted by Crippen LogP contribution is -2.12. The van der Waals surface area contributed by atoms with Crippen molar-refractivity contribution in [1.82, 2.24) is 15.1 Å². The summed E-state index contributed by atoms with van der Waals surface area (Å²) >= 11 is 3.51. The van der Waals surface area contributed by atoms with Crippen LogP contribution in [-0.4, -0.2) is 16.8 Å². The average molecular weight is 322 g/mol. The molecule has 0 unspecified atom stereocenters. The Hall–Kier alpha value is -1.13. The van der Waals surface area contributed by atoms with Crippen LogP contribution < -0.4 is 5.32 Å². The Labute approximate surface area is 123 Å². The number of hydrogen-bond acceptors (Lipinski definition) is 2. The first kappa shape index (κ1) is 14.3. The van der Waals surface area contributed by atoms with Gasteiger partial charge in [-0.05, 0) is 30.7 Å². The third-order valence-corrected chi connectivity index (χ3v) is 3.59. The summed E-state index contributed by atoms with van der Waals surface area (Å²) in [5.41, 5.74) is 3.86. The molecule has 102 valence electrons. The van der Waals surface area contributed by atoms with Crippen molar-refractivity contribution in [2.75, 3.05) is 7.05 Å². The van der Waals surface area contributed by atoms with Gasteiger partial charge in [0.25, 0.3) is 0 Å². The van der Waals surface area contributed by atoms with Crippen LogP contribution in [0.15, 0.2) is 34.9 Å². The second kappa shape index (κ2) is 6.35. The van der Waals surface area contributed by atoms with Crippen molar-refractivity contribution in [2.24, 2.45) is 0 Å². The third kappa shape index (κ3) is 3.45. The van der Waals surface area contributed by atoms with E-state index in [-0.39, 0.29) is 0 Å². The average Bonchev–Trinajstić information content (AvgIpc) is 2.72. The smallest absolute Gasteiger partial charge is 0.0663 e. The fourth-order valence-corrected chi connectivity index (χ4v) is 2.81. The molecule has 1 aromatic carbocycles. The van der Waals surface area contributed by atoms with Gasteiger partial charge in [0, 0.05) is 22.3 Å². The van der Waals surface area contributed by atoms with Crippen molar-refractivity contribution in [1.29, 1.82) is 0 Å². The fourth-order valence-electron chi connectivity index (χ4n) is 2.36.